The molecule has 0 amide bonds. The Morgan fingerprint density at radius 1 is 0.741 bits per heavy atom. The maximum Gasteiger partial charge on any atom is 0.460 e. The second-order valence-corrected chi connectivity index (χ2v) is 6.73. The first-order valence-electron chi connectivity index (χ1n) is 9.45. The van der Waals surface area contributed by atoms with Crippen LogP contribution in [0.15, 0.2) is 0 Å². The molecule has 0 saturated heterocycles. The third-order valence-electron chi connectivity index (χ3n) is 4.27. The maximum atomic E-state index is 13.3. The van der Waals surface area contributed by atoms with E-state index in [0.29, 0.717) is 12.8 Å². The summed E-state index contributed by atoms with van der Waals surface area (Å²) in [5, 5.41) is 0. The fourth-order valence-corrected chi connectivity index (χ4v) is 2.62. The summed E-state index contributed by atoms with van der Waals surface area (Å²) in [6, 6.07) is 0. The van der Waals surface area contributed by atoms with Gasteiger partial charge in [0, 0.05) is 0 Å². The largest absolute Gasteiger partial charge is 0.460 e. The second kappa shape index (κ2) is 11.7. The molecule has 162 valence electrons. The number of carbonyl (C=O) groups excluding carboxylic acids is 1. The molecule has 0 N–H and O–H groups in total. The van der Waals surface area contributed by atoms with Gasteiger partial charge in [0.25, 0.3) is 0 Å². The normalized spacial score (nSPS) is 14.3. The van der Waals surface area contributed by atoms with Crippen LogP contribution in [0, 0.1) is 0 Å². The first-order chi connectivity index (χ1) is 12.4. The molecule has 0 heterocycles. The van der Waals surface area contributed by atoms with Gasteiger partial charge in [0.1, 0.15) is 6.10 Å². The predicted octanol–water partition coefficient (Wildman–Crippen LogP) is 7.06. The van der Waals surface area contributed by atoms with E-state index in [4.69, 9.17) is 0 Å². The number of esters is 1. The molecule has 9 heteroatoms. The highest BCUT2D eigenvalue weighted by atomic mass is 19.4. The zero-order valence-electron chi connectivity index (χ0n) is 15.8. The van der Waals surface area contributed by atoms with E-state index in [2.05, 4.69) is 11.7 Å². The van der Waals surface area contributed by atoms with E-state index in [1.54, 1.807) is 6.92 Å². The molecule has 0 aliphatic rings. The van der Waals surface area contributed by atoms with Gasteiger partial charge in [0.15, 0.2) is 0 Å². The van der Waals surface area contributed by atoms with Gasteiger partial charge >= 0.3 is 24.0 Å². The second-order valence-electron chi connectivity index (χ2n) is 6.73. The van der Waals surface area contributed by atoms with Crippen LogP contribution < -0.4 is 0 Å². The molecule has 1 unspecified atom stereocenters. The topological polar surface area (TPSA) is 26.3 Å². The summed E-state index contributed by atoms with van der Waals surface area (Å²) in [5.74, 6) is -15.3. The number of unbranched alkanes of at least 4 members (excludes halogenated alkanes) is 7. The van der Waals surface area contributed by atoms with Crippen molar-refractivity contribution in [1.82, 2.24) is 0 Å². The number of carbonyl (C=O) groups is 1. The van der Waals surface area contributed by atoms with Crippen LogP contribution in [0.25, 0.3) is 0 Å². The van der Waals surface area contributed by atoms with Crippen molar-refractivity contribution in [3.63, 3.8) is 0 Å². The quantitative estimate of drug-likeness (QED) is 0.174. The van der Waals surface area contributed by atoms with Crippen molar-refractivity contribution in [2.24, 2.45) is 0 Å². The monoisotopic (exact) mass is 410 g/mol. The van der Waals surface area contributed by atoms with Gasteiger partial charge in [-0.1, -0.05) is 65.2 Å². The number of hydrogen-bond donors (Lipinski definition) is 0. The van der Waals surface area contributed by atoms with E-state index >= 15 is 0 Å². The highest BCUT2D eigenvalue weighted by Crippen LogP contribution is 2.47. The van der Waals surface area contributed by atoms with Gasteiger partial charge in [0.05, 0.1) is 0 Å². The lowest BCUT2D eigenvalue weighted by Crippen LogP contribution is -2.57. The summed E-state index contributed by atoms with van der Waals surface area (Å²) in [7, 11) is 0. The minimum absolute atomic E-state index is 0.121. The van der Waals surface area contributed by atoms with Crippen LogP contribution in [0.4, 0.5) is 30.7 Å². The molecule has 27 heavy (non-hydrogen) atoms. The molecule has 0 saturated carbocycles. The van der Waals surface area contributed by atoms with Crippen LogP contribution >= 0.6 is 0 Å². The Morgan fingerprint density at radius 2 is 1.22 bits per heavy atom. The van der Waals surface area contributed by atoms with Crippen molar-refractivity contribution >= 4 is 5.97 Å². The van der Waals surface area contributed by atoms with Gasteiger partial charge in [0.2, 0.25) is 0 Å². The third-order valence-corrected chi connectivity index (χ3v) is 4.27. The summed E-state index contributed by atoms with van der Waals surface area (Å²) in [6.45, 7) is 3.76. The molecule has 0 aromatic rings. The maximum absolute atomic E-state index is 13.3. The highest BCUT2D eigenvalue weighted by Gasteiger charge is 2.77. The molecule has 1 atom stereocenters. The zero-order chi connectivity index (χ0) is 21.1. The molecule has 0 radical (unpaired) electrons. The summed E-state index contributed by atoms with van der Waals surface area (Å²) in [6.07, 6.45) is 0.723. The van der Waals surface area contributed by atoms with Gasteiger partial charge in [-0.3, -0.25) is 0 Å². The molecule has 0 fully saturated rings. The van der Waals surface area contributed by atoms with E-state index in [1.165, 1.54) is 0 Å². The smallest absolute Gasteiger partial charge is 0.458 e. The van der Waals surface area contributed by atoms with Crippen LogP contribution in [0.3, 0.4) is 0 Å². The summed E-state index contributed by atoms with van der Waals surface area (Å²) in [4.78, 5) is 11.3. The van der Waals surface area contributed by atoms with Crippen LogP contribution in [0.5, 0.6) is 0 Å². The van der Waals surface area contributed by atoms with Crippen molar-refractivity contribution in [2.45, 2.75) is 109 Å². The van der Waals surface area contributed by atoms with Gasteiger partial charge in [-0.25, -0.2) is 4.79 Å². The minimum atomic E-state index is -6.55. The van der Waals surface area contributed by atoms with Crippen molar-refractivity contribution in [2.75, 3.05) is 0 Å². The Morgan fingerprint density at radius 3 is 1.67 bits per heavy atom. The minimum Gasteiger partial charge on any atom is -0.458 e. The summed E-state index contributed by atoms with van der Waals surface area (Å²) < 4.78 is 93.2. The van der Waals surface area contributed by atoms with E-state index in [0.717, 1.165) is 44.9 Å². The molecule has 0 aliphatic heterocycles. The zero-order valence-corrected chi connectivity index (χ0v) is 15.8. The van der Waals surface area contributed by atoms with Gasteiger partial charge in [-0.2, -0.15) is 30.7 Å². The molecule has 0 aliphatic carbocycles. The van der Waals surface area contributed by atoms with E-state index in [1.807, 2.05) is 0 Å². The third kappa shape index (κ3) is 8.25. The number of alkyl halides is 7. The molecule has 0 bridgehead atoms. The van der Waals surface area contributed by atoms with Crippen molar-refractivity contribution in [3.8, 4) is 0 Å². The van der Waals surface area contributed by atoms with Crippen LogP contribution in [-0.4, -0.2) is 30.1 Å². The van der Waals surface area contributed by atoms with Crippen molar-refractivity contribution < 1.29 is 40.3 Å². The summed E-state index contributed by atoms with van der Waals surface area (Å²) >= 11 is 0. The van der Waals surface area contributed by atoms with Crippen LogP contribution in [-0.2, 0) is 9.53 Å². The number of rotatable bonds is 14. The number of hydrogen-bond acceptors (Lipinski definition) is 2. The average Bonchev–Trinajstić information content (AvgIpc) is 2.56. The molecular formula is C18H29F7O2. The molecular weight excluding hydrogens is 381 g/mol. The Labute approximate surface area is 155 Å². The fourth-order valence-electron chi connectivity index (χ4n) is 2.62. The van der Waals surface area contributed by atoms with E-state index in [-0.39, 0.29) is 12.8 Å². The lowest BCUT2D eigenvalue weighted by Gasteiger charge is -2.28. The molecule has 0 aromatic heterocycles. The predicted molar refractivity (Wildman–Crippen MR) is 88.0 cm³/mol. The molecule has 0 rings (SSSR count). The number of ether oxygens (including phenoxy) is 1. The van der Waals surface area contributed by atoms with Gasteiger partial charge < -0.3 is 4.74 Å². The summed E-state index contributed by atoms with van der Waals surface area (Å²) in [5.41, 5.74) is 0. The van der Waals surface area contributed by atoms with Gasteiger partial charge in [-0.05, 0) is 19.3 Å². The SMILES string of the molecule is CCCCCCCCCCC(CCC)OC(=O)C(F)(F)C(F)(F)C(F)(F)F. The van der Waals surface area contributed by atoms with Crippen LogP contribution in [0.2, 0.25) is 0 Å². The van der Waals surface area contributed by atoms with Crippen molar-refractivity contribution in [3.05, 3.63) is 0 Å². The molecule has 2 nitrogen and oxygen atoms in total. The van der Waals surface area contributed by atoms with E-state index < -0.39 is 30.1 Å². The van der Waals surface area contributed by atoms with E-state index in [9.17, 15) is 35.5 Å². The fraction of sp³-hybridized carbons (Fsp3) is 0.944. The van der Waals surface area contributed by atoms with Gasteiger partial charge in [-0.15, -0.1) is 0 Å². The first kappa shape index (κ1) is 26.0. The molecule has 0 aromatic carbocycles. The Balaban J connectivity index is 4.53. The lowest BCUT2D eigenvalue weighted by atomic mass is 10.0. The van der Waals surface area contributed by atoms with Crippen LogP contribution in [0.1, 0.15) is 84.5 Å². The highest BCUT2D eigenvalue weighted by molar-refractivity contribution is 5.79. The molecule has 0 spiro atoms. The number of halogens is 7. The Kier molecular flexibility index (Phi) is 11.3. The Bertz CT molecular complexity index is 422. The van der Waals surface area contributed by atoms with Crippen molar-refractivity contribution in [1.29, 1.82) is 0 Å². The lowest BCUT2D eigenvalue weighted by molar-refractivity contribution is -0.349. The standard InChI is InChI=1S/C18H29F7O2/c1-3-5-6-7-8-9-10-11-13-14(12-4-2)27-15(26)16(19,20)17(21,22)18(23,24)25/h14H,3-13H2,1-2H3. The Hall–Kier alpha value is -1.02. The average molecular weight is 410 g/mol. The first-order valence-corrected chi connectivity index (χ1v) is 9.45.